The number of amides is 2. The van der Waals surface area contributed by atoms with Crippen molar-refractivity contribution >= 4 is 28.5 Å². The lowest BCUT2D eigenvalue weighted by atomic mass is 9.97. The molecule has 0 bridgehead atoms. The monoisotopic (exact) mass is 500 g/mol. The summed E-state index contributed by atoms with van der Waals surface area (Å²) in [7, 11) is 0. The van der Waals surface area contributed by atoms with Crippen molar-refractivity contribution in [1.29, 1.82) is 0 Å². The van der Waals surface area contributed by atoms with Crippen molar-refractivity contribution in [2.75, 3.05) is 37.6 Å². The summed E-state index contributed by atoms with van der Waals surface area (Å²) in [6.45, 7) is 7.57. The van der Waals surface area contributed by atoms with E-state index in [0.717, 1.165) is 54.6 Å². The Kier molecular flexibility index (Phi) is 7.58. The SMILES string of the molecule is CC(=O)N1CCN(c2nc3ccc(C)cc3cc2CN(CCC2=CCCCC2)C(=O)c2ccco2)CC1. The van der Waals surface area contributed by atoms with Gasteiger partial charge in [0.05, 0.1) is 11.8 Å². The fourth-order valence-electron chi connectivity index (χ4n) is 5.38. The quantitative estimate of drug-likeness (QED) is 0.410. The number of carbonyl (C=O) groups is 2. The number of benzene rings is 1. The number of anilines is 1. The molecule has 0 unspecified atom stereocenters. The minimum absolute atomic E-state index is 0.0990. The van der Waals surface area contributed by atoms with Gasteiger partial charge in [0.15, 0.2) is 5.76 Å². The summed E-state index contributed by atoms with van der Waals surface area (Å²) in [5.74, 6) is 1.26. The lowest BCUT2D eigenvalue weighted by molar-refractivity contribution is -0.129. The molecule has 0 N–H and O–H groups in total. The van der Waals surface area contributed by atoms with Gasteiger partial charge < -0.3 is 19.1 Å². The van der Waals surface area contributed by atoms with E-state index in [-0.39, 0.29) is 11.8 Å². The lowest BCUT2D eigenvalue weighted by Gasteiger charge is -2.36. The molecular formula is C30H36N4O3. The summed E-state index contributed by atoms with van der Waals surface area (Å²) in [4.78, 5) is 36.6. The molecule has 3 aromatic rings. The number of rotatable bonds is 7. The summed E-state index contributed by atoms with van der Waals surface area (Å²) >= 11 is 0. The van der Waals surface area contributed by atoms with Crippen LogP contribution in [0.2, 0.25) is 0 Å². The second-order valence-corrected chi connectivity index (χ2v) is 10.2. The molecule has 3 heterocycles. The maximum absolute atomic E-state index is 13.5. The second-order valence-electron chi connectivity index (χ2n) is 10.2. The van der Waals surface area contributed by atoms with Gasteiger partial charge in [-0.3, -0.25) is 9.59 Å². The van der Waals surface area contributed by atoms with Crippen LogP contribution in [0.25, 0.3) is 10.9 Å². The second kappa shape index (κ2) is 11.2. The van der Waals surface area contributed by atoms with Gasteiger partial charge in [-0.2, -0.15) is 0 Å². The number of aromatic nitrogens is 1. The van der Waals surface area contributed by atoms with Gasteiger partial charge in [0.1, 0.15) is 5.82 Å². The van der Waals surface area contributed by atoms with Crippen LogP contribution in [-0.2, 0) is 11.3 Å². The first-order chi connectivity index (χ1) is 18.0. The Morgan fingerprint density at radius 3 is 2.62 bits per heavy atom. The Labute approximate surface area is 218 Å². The predicted octanol–water partition coefficient (Wildman–Crippen LogP) is 5.34. The highest BCUT2D eigenvalue weighted by Crippen LogP contribution is 2.28. The first-order valence-electron chi connectivity index (χ1n) is 13.4. The molecule has 0 radical (unpaired) electrons. The van der Waals surface area contributed by atoms with Gasteiger partial charge in [-0.15, -0.1) is 0 Å². The summed E-state index contributed by atoms with van der Waals surface area (Å²) in [5, 5.41) is 1.07. The van der Waals surface area contributed by atoms with Crippen LogP contribution in [0, 0.1) is 6.92 Å². The van der Waals surface area contributed by atoms with E-state index < -0.39 is 0 Å². The summed E-state index contributed by atoms with van der Waals surface area (Å²) in [6, 6.07) is 12.0. The van der Waals surface area contributed by atoms with E-state index in [1.807, 2.05) is 9.80 Å². The predicted molar refractivity (Wildman–Crippen MR) is 146 cm³/mol. The molecule has 2 aromatic heterocycles. The third-order valence-corrected chi connectivity index (χ3v) is 7.52. The Morgan fingerprint density at radius 1 is 1.08 bits per heavy atom. The van der Waals surface area contributed by atoms with Gasteiger partial charge in [-0.25, -0.2) is 4.98 Å². The van der Waals surface area contributed by atoms with E-state index in [9.17, 15) is 9.59 Å². The number of carbonyl (C=O) groups excluding carboxylic acids is 2. The van der Waals surface area contributed by atoms with Crippen LogP contribution in [0.15, 0.2) is 58.7 Å². The number of hydrogen-bond donors (Lipinski definition) is 0. The van der Waals surface area contributed by atoms with Crippen molar-refractivity contribution in [3.8, 4) is 0 Å². The first kappa shape index (κ1) is 25.1. The highest BCUT2D eigenvalue weighted by molar-refractivity contribution is 5.91. The minimum Gasteiger partial charge on any atom is -0.459 e. The fraction of sp³-hybridized carbons (Fsp3) is 0.433. The first-order valence-corrected chi connectivity index (χ1v) is 13.4. The highest BCUT2D eigenvalue weighted by atomic mass is 16.3. The molecule has 0 spiro atoms. The van der Waals surface area contributed by atoms with E-state index >= 15 is 0 Å². The zero-order valence-electron chi connectivity index (χ0n) is 21.9. The lowest BCUT2D eigenvalue weighted by Crippen LogP contribution is -2.48. The molecule has 1 saturated heterocycles. The smallest absolute Gasteiger partial charge is 0.289 e. The Hall–Kier alpha value is -3.61. The zero-order chi connectivity index (χ0) is 25.8. The number of hydrogen-bond acceptors (Lipinski definition) is 5. The van der Waals surface area contributed by atoms with Gasteiger partial charge in [0, 0.05) is 57.1 Å². The molecule has 2 amide bonds. The van der Waals surface area contributed by atoms with Crippen LogP contribution in [-0.4, -0.2) is 59.3 Å². The van der Waals surface area contributed by atoms with Crippen molar-refractivity contribution in [3.05, 3.63) is 71.2 Å². The summed E-state index contributed by atoms with van der Waals surface area (Å²) in [5.41, 5.74) is 4.58. The molecule has 2 aliphatic rings. The third-order valence-electron chi connectivity index (χ3n) is 7.52. The Balaban J connectivity index is 1.47. The van der Waals surface area contributed by atoms with Gasteiger partial charge in [0.2, 0.25) is 5.91 Å². The Bertz CT molecular complexity index is 1290. The largest absolute Gasteiger partial charge is 0.459 e. The molecule has 1 fully saturated rings. The molecule has 7 heteroatoms. The summed E-state index contributed by atoms with van der Waals surface area (Å²) < 4.78 is 5.50. The normalized spacial score (nSPS) is 16.1. The van der Waals surface area contributed by atoms with E-state index in [4.69, 9.17) is 9.40 Å². The van der Waals surface area contributed by atoms with Gasteiger partial charge in [-0.1, -0.05) is 23.3 Å². The molecule has 37 heavy (non-hydrogen) atoms. The average Bonchev–Trinajstić information content (AvgIpc) is 3.46. The minimum atomic E-state index is -0.0990. The zero-order valence-corrected chi connectivity index (χ0v) is 21.9. The van der Waals surface area contributed by atoms with Crippen LogP contribution < -0.4 is 4.90 Å². The molecule has 194 valence electrons. The van der Waals surface area contributed by atoms with Crippen LogP contribution in [0.4, 0.5) is 5.82 Å². The van der Waals surface area contributed by atoms with E-state index in [1.165, 1.54) is 24.0 Å². The topological polar surface area (TPSA) is 69.9 Å². The Morgan fingerprint density at radius 2 is 1.92 bits per heavy atom. The number of piperazine rings is 1. The number of pyridine rings is 1. The van der Waals surface area contributed by atoms with Crippen molar-refractivity contribution < 1.29 is 14.0 Å². The van der Waals surface area contributed by atoms with Gasteiger partial charge in [-0.05, 0) is 69.4 Å². The van der Waals surface area contributed by atoms with E-state index in [1.54, 1.807) is 25.3 Å². The molecular weight excluding hydrogens is 464 g/mol. The number of allylic oxidation sites excluding steroid dienone is 1. The average molecular weight is 501 g/mol. The molecule has 0 saturated carbocycles. The van der Waals surface area contributed by atoms with Gasteiger partial charge in [0.25, 0.3) is 5.91 Å². The van der Waals surface area contributed by atoms with Crippen molar-refractivity contribution in [2.45, 2.75) is 52.5 Å². The number of furan rings is 1. The molecule has 1 aliphatic heterocycles. The summed E-state index contributed by atoms with van der Waals surface area (Å²) in [6.07, 6.45) is 9.49. The number of aryl methyl sites for hydroxylation is 1. The molecule has 5 rings (SSSR count). The van der Waals surface area contributed by atoms with Crippen LogP contribution in [0.3, 0.4) is 0 Å². The van der Waals surface area contributed by atoms with Crippen molar-refractivity contribution in [1.82, 2.24) is 14.8 Å². The van der Waals surface area contributed by atoms with Crippen LogP contribution >= 0.6 is 0 Å². The highest BCUT2D eigenvalue weighted by Gasteiger charge is 2.25. The molecule has 0 atom stereocenters. The standard InChI is InChI=1S/C30H36N4O3/c1-22-10-11-27-25(19-22)20-26(29(31-27)33-16-14-32(15-17-33)23(2)35)21-34(30(36)28-9-6-18-37-28)13-12-24-7-4-3-5-8-24/h6-7,9-11,18-20H,3-5,8,12-17,21H2,1-2H3. The number of fused-ring (bicyclic) bond motifs is 1. The van der Waals surface area contributed by atoms with Crippen molar-refractivity contribution in [3.63, 3.8) is 0 Å². The van der Waals surface area contributed by atoms with Gasteiger partial charge >= 0.3 is 0 Å². The molecule has 1 aromatic carbocycles. The maximum atomic E-state index is 13.5. The maximum Gasteiger partial charge on any atom is 0.289 e. The van der Waals surface area contributed by atoms with Crippen LogP contribution in [0.5, 0.6) is 0 Å². The van der Waals surface area contributed by atoms with E-state index in [0.29, 0.717) is 31.9 Å². The number of nitrogens with zero attached hydrogens (tertiary/aromatic N) is 4. The van der Waals surface area contributed by atoms with E-state index in [2.05, 4.69) is 42.2 Å². The van der Waals surface area contributed by atoms with Crippen molar-refractivity contribution in [2.24, 2.45) is 0 Å². The van der Waals surface area contributed by atoms with Crippen LogP contribution in [0.1, 0.15) is 60.7 Å². The fourth-order valence-corrected chi connectivity index (χ4v) is 5.38. The third kappa shape index (κ3) is 5.87. The molecule has 7 nitrogen and oxygen atoms in total. The molecule has 1 aliphatic carbocycles.